The number of halogens is 3. The maximum Gasteiger partial charge on any atom is 0.159 e. The number of aromatic nitrogens is 1. The third kappa shape index (κ3) is 2.30. The molecule has 52 valence electrons. The molecule has 0 aliphatic rings. The van der Waals surface area contributed by atoms with E-state index in [-0.39, 0.29) is 12.4 Å². The number of hydrogen-bond donors (Lipinski definition) is 0. The summed E-state index contributed by atoms with van der Waals surface area (Å²) in [6.07, 6.45) is 0. The van der Waals surface area contributed by atoms with Crippen LogP contribution in [0.2, 0.25) is 9.49 Å². The van der Waals surface area contributed by atoms with Gasteiger partial charge in [-0.3, -0.25) is 0 Å². The van der Waals surface area contributed by atoms with Crippen molar-refractivity contribution in [2.45, 2.75) is 6.92 Å². The van der Waals surface area contributed by atoms with E-state index in [0.29, 0.717) is 9.49 Å². The van der Waals surface area contributed by atoms with E-state index >= 15 is 0 Å². The van der Waals surface area contributed by atoms with Gasteiger partial charge in [0.1, 0.15) is 4.34 Å². The molecule has 5 heteroatoms. The molecule has 0 aliphatic heterocycles. The van der Waals surface area contributed by atoms with Crippen LogP contribution >= 0.6 is 46.9 Å². The topological polar surface area (TPSA) is 12.9 Å². The maximum absolute atomic E-state index is 5.55. The average Bonchev–Trinajstić information content (AvgIpc) is 1.85. The van der Waals surface area contributed by atoms with Gasteiger partial charge in [-0.05, 0) is 6.92 Å². The summed E-state index contributed by atoms with van der Waals surface area (Å²) in [6, 6.07) is 0. The normalized spacial score (nSPS) is 8.78. The van der Waals surface area contributed by atoms with Crippen LogP contribution in [0.3, 0.4) is 0 Å². The first-order chi connectivity index (χ1) is 3.70. The van der Waals surface area contributed by atoms with E-state index in [1.165, 1.54) is 11.3 Å². The fraction of sp³-hybridized carbons (Fsp3) is 0.250. The molecule has 0 aliphatic carbocycles. The van der Waals surface area contributed by atoms with Crippen molar-refractivity contribution in [2.75, 3.05) is 0 Å². The summed E-state index contributed by atoms with van der Waals surface area (Å²) < 4.78 is 0.573. The molecule has 0 amide bonds. The molecule has 0 radical (unpaired) electrons. The zero-order valence-corrected chi connectivity index (χ0v) is 7.66. The number of thiazole rings is 1. The van der Waals surface area contributed by atoms with Crippen LogP contribution in [0, 0.1) is 6.92 Å². The Kier molecular flexibility index (Phi) is 3.82. The van der Waals surface area contributed by atoms with Gasteiger partial charge < -0.3 is 0 Å². The third-order valence-electron chi connectivity index (χ3n) is 0.655. The molecule has 0 atom stereocenters. The van der Waals surface area contributed by atoms with E-state index in [9.17, 15) is 0 Å². The minimum absolute atomic E-state index is 0. The average molecular weight is 205 g/mol. The van der Waals surface area contributed by atoms with E-state index in [4.69, 9.17) is 23.2 Å². The highest BCUT2D eigenvalue weighted by molar-refractivity contribution is 7.16. The minimum Gasteiger partial charge on any atom is -0.228 e. The molecular weight excluding hydrogens is 200 g/mol. The Bertz CT molecular complexity index is 178. The lowest BCUT2D eigenvalue weighted by Gasteiger charge is -1.71. The van der Waals surface area contributed by atoms with Crippen LogP contribution in [0.15, 0.2) is 0 Å². The van der Waals surface area contributed by atoms with E-state index in [1.807, 2.05) is 6.92 Å². The summed E-state index contributed by atoms with van der Waals surface area (Å²) in [5.74, 6) is 0. The molecule has 0 saturated heterocycles. The second-order valence-corrected chi connectivity index (χ2v) is 3.46. The van der Waals surface area contributed by atoms with Gasteiger partial charge in [-0.15, -0.1) is 23.7 Å². The van der Waals surface area contributed by atoms with Gasteiger partial charge in [-0.1, -0.05) is 23.2 Å². The van der Waals surface area contributed by atoms with Crippen molar-refractivity contribution < 1.29 is 0 Å². The van der Waals surface area contributed by atoms with Crippen molar-refractivity contribution in [3.05, 3.63) is 14.5 Å². The number of nitrogens with zero attached hydrogens (tertiary/aromatic N) is 1. The van der Waals surface area contributed by atoms with Crippen molar-refractivity contribution in [1.82, 2.24) is 4.98 Å². The highest BCUT2D eigenvalue weighted by Gasteiger charge is 2.00. The second kappa shape index (κ2) is 3.62. The summed E-state index contributed by atoms with van der Waals surface area (Å²) >= 11 is 12.4. The van der Waals surface area contributed by atoms with Crippen LogP contribution in [-0.2, 0) is 0 Å². The molecule has 0 fully saturated rings. The van der Waals surface area contributed by atoms with E-state index in [2.05, 4.69) is 4.98 Å². The van der Waals surface area contributed by atoms with Crippen molar-refractivity contribution in [1.29, 1.82) is 0 Å². The van der Waals surface area contributed by atoms with E-state index in [0.717, 1.165) is 5.01 Å². The van der Waals surface area contributed by atoms with Crippen molar-refractivity contribution in [3.63, 3.8) is 0 Å². The molecule has 0 saturated carbocycles. The highest BCUT2D eigenvalue weighted by Crippen LogP contribution is 2.26. The summed E-state index contributed by atoms with van der Waals surface area (Å²) in [5, 5.41) is 1.31. The Balaban J connectivity index is 0.000000640. The Morgan fingerprint density at radius 1 is 1.44 bits per heavy atom. The largest absolute Gasteiger partial charge is 0.228 e. The first-order valence-electron chi connectivity index (χ1n) is 1.98. The zero-order valence-electron chi connectivity index (χ0n) is 4.52. The van der Waals surface area contributed by atoms with Crippen molar-refractivity contribution in [2.24, 2.45) is 0 Å². The maximum atomic E-state index is 5.55. The fourth-order valence-electron chi connectivity index (χ4n) is 0.377. The summed E-state index contributed by atoms with van der Waals surface area (Å²) in [5.41, 5.74) is 0. The molecule has 1 rings (SSSR count). The Morgan fingerprint density at radius 3 is 2.11 bits per heavy atom. The van der Waals surface area contributed by atoms with E-state index < -0.39 is 0 Å². The Morgan fingerprint density at radius 2 is 2.00 bits per heavy atom. The van der Waals surface area contributed by atoms with Gasteiger partial charge in [0.15, 0.2) is 5.15 Å². The molecule has 0 spiro atoms. The first kappa shape index (κ1) is 9.50. The van der Waals surface area contributed by atoms with Crippen LogP contribution in [-0.4, -0.2) is 4.98 Å². The predicted octanol–water partition coefficient (Wildman–Crippen LogP) is 3.18. The lowest BCUT2D eigenvalue weighted by atomic mass is 10.8. The lowest BCUT2D eigenvalue weighted by molar-refractivity contribution is 1.30. The van der Waals surface area contributed by atoms with Crippen molar-refractivity contribution >= 4 is 46.9 Å². The molecule has 1 nitrogen and oxygen atoms in total. The van der Waals surface area contributed by atoms with Gasteiger partial charge in [0.25, 0.3) is 0 Å². The predicted molar refractivity (Wildman–Crippen MR) is 44.1 cm³/mol. The summed E-state index contributed by atoms with van der Waals surface area (Å²) in [6.45, 7) is 1.86. The minimum atomic E-state index is 0. The SMILES string of the molecule is Cc1nc(Cl)c(Cl)s1.Cl. The Hall–Kier alpha value is 0.500. The number of rotatable bonds is 0. The van der Waals surface area contributed by atoms with Gasteiger partial charge in [0.05, 0.1) is 5.01 Å². The lowest BCUT2D eigenvalue weighted by Crippen LogP contribution is -1.62. The molecule has 0 N–H and O–H groups in total. The highest BCUT2D eigenvalue weighted by atomic mass is 35.5. The van der Waals surface area contributed by atoms with Gasteiger partial charge in [0.2, 0.25) is 0 Å². The van der Waals surface area contributed by atoms with Gasteiger partial charge in [-0.2, -0.15) is 0 Å². The molecule has 1 aromatic heterocycles. The first-order valence-corrected chi connectivity index (χ1v) is 3.56. The molecule has 0 unspecified atom stereocenters. The number of hydrogen-bond acceptors (Lipinski definition) is 2. The Labute approximate surface area is 73.4 Å². The van der Waals surface area contributed by atoms with Crippen LogP contribution in [0.25, 0.3) is 0 Å². The van der Waals surface area contributed by atoms with Gasteiger partial charge >= 0.3 is 0 Å². The molecule has 0 aromatic carbocycles. The van der Waals surface area contributed by atoms with Crippen molar-refractivity contribution in [3.8, 4) is 0 Å². The zero-order chi connectivity index (χ0) is 6.15. The van der Waals surface area contributed by atoms with Crippen LogP contribution in [0.5, 0.6) is 0 Å². The van der Waals surface area contributed by atoms with Crippen LogP contribution < -0.4 is 0 Å². The van der Waals surface area contributed by atoms with Gasteiger partial charge in [0, 0.05) is 0 Å². The smallest absolute Gasteiger partial charge is 0.159 e. The van der Waals surface area contributed by atoms with Crippen LogP contribution in [0.1, 0.15) is 5.01 Å². The molecular formula is C4H4Cl3NS. The standard InChI is InChI=1S/C4H3Cl2NS.ClH/c1-2-7-3(5)4(6)8-2;/h1H3;1H. The molecule has 1 aromatic rings. The summed E-state index contributed by atoms with van der Waals surface area (Å²) in [7, 11) is 0. The molecule has 1 heterocycles. The quantitative estimate of drug-likeness (QED) is 0.632. The monoisotopic (exact) mass is 203 g/mol. The molecule has 0 bridgehead atoms. The van der Waals surface area contributed by atoms with Gasteiger partial charge in [-0.25, -0.2) is 4.98 Å². The second-order valence-electron chi connectivity index (χ2n) is 1.30. The van der Waals surface area contributed by atoms with Crippen LogP contribution in [0.4, 0.5) is 0 Å². The fourth-order valence-corrected chi connectivity index (χ4v) is 1.57. The van der Waals surface area contributed by atoms with E-state index in [1.54, 1.807) is 0 Å². The number of aryl methyl sites for hydroxylation is 1. The third-order valence-corrected chi connectivity index (χ3v) is 2.31. The summed E-state index contributed by atoms with van der Waals surface area (Å²) in [4.78, 5) is 3.86. The molecule has 9 heavy (non-hydrogen) atoms.